The second-order valence-corrected chi connectivity index (χ2v) is 7.70. The minimum Gasteiger partial charge on any atom is -0.507 e. The van der Waals surface area contributed by atoms with Crippen molar-refractivity contribution in [2.24, 2.45) is 0 Å². The summed E-state index contributed by atoms with van der Waals surface area (Å²) < 4.78 is 20.2. The largest absolute Gasteiger partial charge is 0.507 e. The second kappa shape index (κ2) is 6.77. The third kappa shape index (κ3) is 3.02. The Morgan fingerprint density at radius 1 is 1.31 bits per heavy atom. The van der Waals surface area contributed by atoms with E-state index in [0.717, 1.165) is 12.8 Å². The molecule has 150 valence electrons. The lowest BCUT2D eigenvalue weighted by molar-refractivity contribution is 0.176. The average Bonchev–Trinajstić information content (AvgIpc) is 3.14. The molecule has 2 aromatic heterocycles. The lowest BCUT2D eigenvalue weighted by Gasteiger charge is -2.38. The average molecular weight is 397 g/mol. The molecule has 4 heterocycles. The molecule has 5 rings (SSSR count). The van der Waals surface area contributed by atoms with Gasteiger partial charge in [-0.25, -0.2) is 9.37 Å². The smallest absolute Gasteiger partial charge is 0.192 e. The van der Waals surface area contributed by atoms with E-state index < -0.39 is 6.17 Å². The number of phenolic OH excluding ortho intramolecular Hbond substituents is 1. The molecule has 8 nitrogen and oxygen atoms in total. The molecule has 2 bridgehead atoms. The van der Waals surface area contributed by atoms with E-state index in [9.17, 15) is 14.3 Å². The summed E-state index contributed by atoms with van der Waals surface area (Å²) in [5.74, 6) is 0.516. The van der Waals surface area contributed by atoms with Crippen LogP contribution in [0.1, 0.15) is 19.3 Å². The molecule has 2 fully saturated rings. The number of aromatic nitrogens is 3. The Balaban J connectivity index is 1.44. The summed E-state index contributed by atoms with van der Waals surface area (Å²) in [6.07, 6.45) is 4.40. The Morgan fingerprint density at radius 2 is 2.17 bits per heavy atom. The molecule has 2 saturated heterocycles. The highest BCUT2D eigenvalue weighted by atomic mass is 19.1. The number of phenols is 1. The highest BCUT2D eigenvalue weighted by molar-refractivity contribution is 5.84. The maximum Gasteiger partial charge on any atom is 0.192 e. The molecule has 1 aromatic carbocycles. The van der Waals surface area contributed by atoms with E-state index in [-0.39, 0.29) is 34.5 Å². The zero-order valence-corrected chi connectivity index (χ0v) is 15.7. The van der Waals surface area contributed by atoms with Crippen LogP contribution < -0.4 is 15.6 Å². The van der Waals surface area contributed by atoms with Gasteiger partial charge >= 0.3 is 0 Å². The van der Waals surface area contributed by atoms with Gasteiger partial charge in [0.1, 0.15) is 17.5 Å². The predicted molar refractivity (Wildman–Crippen MR) is 105 cm³/mol. The first-order valence-corrected chi connectivity index (χ1v) is 9.59. The molecule has 4 atom stereocenters. The first-order chi connectivity index (χ1) is 14.0. The molecule has 3 aromatic rings. The van der Waals surface area contributed by atoms with Crippen LogP contribution in [0, 0.1) is 0 Å². The molecule has 29 heavy (non-hydrogen) atoms. The summed E-state index contributed by atoms with van der Waals surface area (Å²) in [4.78, 5) is 18.0. The standard InChI is InChI=1S/C20H20FN5O3/c1-26(14-6-10-2-3-13(23-10)19(14)21)18-9-22-20(25-24-18)12-8-17-11(7-16(12)28)15(27)4-5-29-17/h4-5,7-10,13-14,19,23,28H,2-3,6H2,1H3/t10?,13?,14-,19+/m0/s1. The first-order valence-electron chi connectivity index (χ1n) is 9.59. The Morgan fingerprint density at radius 3 is 2.97 bits per heavy atom. The summed E-state index contributed by atoms with van der Waals surface area (Å²) in [5, 5.41) is 22.2. The zero-order chi connectivity index (χ0) is 20.1. The van der Waals surface area contributed by atoms with E-state index in [4.69, 9.17) is 4.42 Å². The molecule has 2 aliphatic heterocycles. The molecule has 2 N–H and O–H groups in total. The molecular formula is C20H20FN5O3. The maximum atomic E-state index is 14.8. The van der Waals surface area contributed by atoms with Crippen LogP contribution in [0.4, 0.5) is 10.2 Å². The fourth-order valence-electron chi connectivity index (χ4n) is 4.37. The van der Waals surface area contributed by atoms with Gasteiger partial charge < -0.3 is 19.7 Å². The molecule has 0 amide bonds. The lowest BCUT2D eigenvalue weighted by atomic mass is 9.96. The normalized spacial score (nSPS) is 26.0. The van der Waals surface area contributed by atoms with E-state index in [1.165, 1.54) is 30.7 Å². The highest BCUT2D eigenvalue weighted by Crippen LogP contribution is 2.34. The summed E-state index contributed by atoms with van der Waals surface area (Å²) in [6, 6.07) is 4.08. The minimum absolute atomic E-state index is 0.106. The SMILES string of the molecule is CN(c1cnc(-c2cc3occc(=O)c3cc2O)nn1)[C@H]1CC2CCC(N2)[C@H]1F. The first kappa shape index (κ1) is 18.0. The summed E-state index contributed by atoms with van der Waals surface area (Å²) >= 11 is 0. The molecular weight excluding hydrogens is 377 g/mol. The molecule has 9 heteroatoms. The van der Waals surface area contributed by atoms with Gasteiger partial charge in [-0.2, -0.15) is 0 Å². The number of hydrogen-bond acceptors (Lipinski definition) is 8. The molecule has 2 unspecified atom stereocenters. The van der Waals surface area contributed by atoms with Crippen LogP contribution in [0.2, 0.25) is 0 Å². The van der Waals surface area contributed by atoms with Crippen molar-refractivity contribution >= 4 is 16.8 Å². The number of benzene rings is 1. The molecule has 0 aliphatic carbocycles. The van der Waals surface area contributed by atoms with Crippen molar-refractivity contribution < 1.29 is 13.9 Å². The van der Waals surface area contributed by atoms with Crippen LogP contribution in [0.5, 0.6) is 5.75 Å². The highest BCUT2D eigenvalue weighted by Gasteiger charge is 2.43. The van der Waals surface area contributed by atoms with E-state index in [1.807, 2.05) is 0 Å². The van der Waals surface area contributed by atoms with E-state index in [1.54, 1.807) is 11.9 Å². The summed E-state index contributed by atoms with van der Waals surface area (Å²) in [6.45, 7) is 0. The number of halogens is 1. The fourth-order valence-corrected chi connectivity index (χ4v) is 4.37. The van der Waals surface area contributed by atoms with Crippen LogP contribution in [0.3, 0.4) is 0 Å². The van der Waals surface area contributed by atoms with Gasteiger partial charge in [0.25, 0.3) is 0 Å². The van der Waals surface area contributed by atoms with Crippen LogP contribution in [-0.2, 0) is 0 Å². The van der Waals surface area contributed by atoms with Gasteiger partial charge in [0.15, 0.2) is 17.1 Å². The summed E-state index contributed by atoms with van der Waals surface area (Å²) in [7, 11) is 1.80. The molecule has 0 radical (unpaired) electrons. The van der Waals surface area contributed by atoms with Gasteiger partial charge in [0.2, 0.25) is 0 Å². The van der Waals surface area contributed by atoms with Gasteiger partial charge in [-0.1, -0.05) is 0 Å². The van der Waals surface area contributed by atoms with Crippen molar-refractivity contribution in [1.82, 2.24) is 20.5 Å². The van der Waals surface area contributed by atoms with E-state index >= 15 is 0 Å². The van der Waals surface area contributed by atoms with Gasteiger partial charge in [0, 0.05) is 25.2 Å². The Kier molecular flexibility index (Phi) is 4.20. The minimum atomic E-state index is -0.979. The maximum absolute atomic E-state index is 14.8. The van der Waals surface area contributed by atoms with Gasteiger partial charge in [-0.05, 0) is 31.4 Å². The summed E-state index contributed by atoms with van der Waals surface area (Å²) in [5.41, 5.74) is 0.373. The van der Waals surface area contributed by atoms with Crippen molar-refractivity contribution in [3.63, 3.8) is 0 Å². The van der Waals surface area contributed by atoms with E-state index in [0.29, 0.717) is 29.4 Å². The predicted octanol–water partition coefficient (Wildman–Crippen LogP) is 2.02. The number of aromatic hydroxyl groups is 1. The van der Waals surface area contributed by atoms with E-state index in [2.05, 4.69) is 20.5 Å². The number of alkyl halides is 1. The number of hydrogen-bond donors (Lipinski definition) is 2. The van der Waals surface area contributed by atoms with Gasteiger partial charge in [-0.15, -0.1) is 10.2 Å². The molecule has 0 spiro atoms. The van der Waals surface area contributed by atoms with Crippen molar-refractivity contribution in [2.45, 2.75) is 43.6 Å². The van der Waals surface area contributed by atoms with Crippen LogP contribution in [0.25, 0.3) is 22.4 Å². The number of rotatable bonds is 3. The second-order valence-electron chi connectivity index (χ2n) is 7.70. The van der Waals surface area contributed by atoms with Crippen molar-refractivity contribution in [3.8, 4) is 17.1 Å². The quantitative estimate of drug-likeness (QED) is 0.692. The zero-order valence-electron chi connectivity index (χ0n) is 15.7. The number of anilines is 1. The third-order valence-corrected chi connectivity index (χ3v) is 5.98. The van der Waals surface area contributed by atoms with Gasteiger partial charge in [0.05, 0.1) is 29.5 Å². The fraction of sp³-hybridized carbons (Fsp3) is 0.400. The van der Waals surface area contributed by atoms with Crippen molar-refractivity contribution in [1.29, 1.82) is 0 Å². The van der Waals surface area contributed by atoms with Gasteiger partial charge in [-0.3, -0.25) is 4.79 Å². The lowest BCUT2D eigenvalue weighted by Crippen LogP contribution is -2.55. The van der Waals surface area contributed by atoms with Crippen molar-refractivity contribution in [3.05, 3.63) is 40.9 Å². The Labute approximate surface area is 165 Å². The number of nitrogens with one attached hydrogen (secondary N) is 1. The third-order valence-electron chi connectivity index (χ3n) is 5.98. The number of fused-ring (bicyclic) bond motifs is 3. The topological polar surface area (TPSA) is 104 Å². The van der Waals surface area contributed by atoms with Crippen LogP contribution >= 0.6 is 0 Å². The van der Waals surface area contributed by atoms with Crippen LogP contribution in [0.15, 0.2) is 39.9 Å². The monoisotopic (exact) mass is 397 g/mol. The Hall–Kier alpha value is -3.07. The number of piperidine rings is 1. The Bertz CT molecular complexity index is 1120. The van der Waals surface area contributed by atoms with Crippen molar-refractivity contribution in [2.75, 3.05) is 11.9 Å². The molecule has 0 saturated carbocycles. The molecule has 2 aliphatic rings. The van der Waals surface area contributed by atoms with Crippen LogP contribution in [-0.4, -0.2) is 51.6 Å². The number of nitrogens with zero attached hydrogens (tertiary/aromatic N) is 4.